The first-order chi connectivity index (χ1) is 11.9. The van der Waals surface area contributed by atoms with Crippen LogP contribution in [0.3, 0.4) is 0 Å². The van der Waals surface area contributed by atoms with Crippen LogP contribution in [0.2, 0.25) is 0 Å². The summed E-state index contributed by atoms with van der Waals surface area (Å²) in [5.41, 5.74) is 2.30. The molecule has 2 aromatic carbocycles. The van der Waals surface area contributed by atoms with Crippen molar-refractivity contribution in [2.45, 2.75) is 17.9 Å². The Hall–Kier alpha value is -2.61. The van der Waals surface area contributed by atoms with Crippen LogP contribution in [0.25, 0.3) is 0 Å². The first-order valence-corrected chi connectivity index (χ1v) is 9.10. The molecule has 3 rings (SSSR count). The average molecular weight is 364 g/mol. The maximum absolute atomic E-state index is 13.0. The van der Waals surface area contributed by atoms with Gasteiger partial charge in [0, 0.05) is 18.8 Å². The largest absolute Gasteiger partial charge is 0.453 e. The number of hydrogen-bond donors (Lipinski definition) is 1. The van der Waals surface area contributed by atoms with E-state index >= 15 is 0 Å². The molecule has 1 amide bonds. The van der Waals surface area contributed by atoms with Crippen molar-refractivity contribution in [2.24, 2.45) is 0 Å². The fourth-order valence-corrected chi connectivity index (χ4v) is 3.78. The standard InChI is InChI=1S/C17H17FN2O4S/c1-24-17(21)20-9-8-12-2-5-15(10-13(12)11-20)19-25(22,23)16-6-3-14(18)4-7-16/h2-7,10,19H,8-9,11H2,1H3. The number of methoxy groups -OCH3 is 1. The van der Waals surface area contributed by atoms with Crippen LogP contribution in [0.5, 0.6) is 0 Å². The minimum absolute atomic E-state index is 0.0252. The topological polar surface area (TPSA) is 75.7 Å². The molecular formula is C17H17FN2O4S. The smallest absolute Gasteiger partial charge is 0.409 e. The Morgan fingerprint density at radius 1 is 1.16 bits per heavy atom. The summed E-state index contributed by atoms with van der Waals surface area (Å²) in [6, 6.07) is 9.81. The lowest BCUT2D eigenvalue weighted by Gasteiger charge is -2.28. The summed E-state index contributed by atoms with van der Waals surface area (Å²) in [5.74, 6) is -0.504. The van der Waals surface area contributed by atoms with Gasteiger partial charge in [-0.25, -0.2) is 17.6 Å². The van der Waals surface area contributed by atoms with Gasteiger partial charge in [0.15, 0.2) is 0 Å². The molecule has 0 saturated heterocycles. The maximum atomic E-state index is 13.0. The van der Waals surface area contributed by atoms with E-state index in [4.69, 9.17) is 4.74 Å². The molecule has 0 atom stereocenters. The molecule has 0 radical (unpaired) electrons. The third-order valence-electron chi connectivity index (χ3n) is 4.03. The summed E-state index contributed by atoms with van der Waals surface area (Å²) >= 11 is 0. The predicted molar refractivity (Wildman–Crippen MR) is 90.2 cm³/mol. The number of benzene rings is 2. The lowest BCUT2D eigenvalue weighted by atomic mass is 9.99. The Balaban J connectivity index is 1.82. The van der Waals surface area contributed by atoms with Crippen LogP contribution >= 0.6 is 0 Å². The fraction of sp³-hybridized carbons (Fsp3) is 0.235. The van der Waals surface area contributed by atoms with E-state index in [9.17, 15) is 17.6 Å². The molecular weight excluding hydrogens is 347 g/mol. The van der Waals surface area contributed by atoms with Gasteiger partial charge in [-0.1, -0.05) is 6.07 Å². The number of ether oxygens (including phenoxy) is 1. The maximum Gasteiger partial charge on any atom is 0.409 e. The molecule has 6 nitrogen and oxygen atoms in total. The van der Waals surface area contributed by atoms with Crippen molar-refractivity contribution in [3.05, 3.63) is 59.4 Å². The molecule has 0 saturated carbocycles. The predicted octanol–water partition coefficient (Wildman–Crippen LogP) is 2.75. The first-order valence-electron chi connectivity index (χ1n) is 7.62. The van der Waals surface area contributed by atoms with E-state index in [1.165, 1.54) is 19.2 Å². The van der Waals surface area contributed by atoms with Crippen LogP contribution in [0, 0.1) is 5.82 Å². The number of nitrogens with zero attached hydrogens (tertiary/aromatic N) is 1. The minimum Gasteiger partial charge on any atom is -0.453 e. The zero-order chi connectivity index (χ0) is 18.0. The summed E-state index contributed by atoms with van der Waals surface area (Å²) in [6.07, 6.45) is 0.262. The summed E-state index contributed by atoms with van der Waals surface area (Å²) < 4.78 is 44.9. The van der Waals surface area contributed by atoms with E-state index in [1.807, 2.05) is 6.07 Å². The van der Waals surface area contributed by atoms with Gasteiger partial charge in [0.25, 0.3) is 10.0 Å². The van der Waals surface area contributed by atoms with Gasteiger partial charge < -0.3 is 9.64 Å². The van der Waals surface area contributed by atoms with Gasteiger partial charge in [0.2, 0.25) is 0 Å². The van der Waals surface area contributed by atoms with E-state index in [2.05, 4.69) is 4.72 Å². The van der Waals surface area contributed by atoms with Gasteiger partial charge in [-0.3, -0.25) is 4.72 Å². The first kappa shape index (κ1) is 17.2. The lowest BCUT2D eigenvalue weighted by molar-refractivity contribution is 0.118. The van der Waals surface area contributed by atoms with Crippen LogP contribution in [0.15, 0.2) is 47.4 Å². The Labute approximate surface area is 145 Å². The van der Waals surface area contributed by atoms with Crippen molar-refractivity contribution in [3.63, 3.8) is 0 Å². The van der Waals surface area contributed by atoms with Crippen LogP contribution in [-0.4, -0.2) is 33.1 Å². The highest BCUT2D eigenvalue weighted by molar-refractivity contribution is 7.92. The highest BCUT2D eigenvalue weighted by Gasteiger charge is 2.22. The number of hydrogen-bond acceptors (Lipinski definition) is 4. The number of carbonyl (C=O) groups excluding carboxylic acids is 1. The Morgan fingerprint density at radius 2 is 1.88 bits per heavy atom. The van der Waals surface area contributed by atoms with Crippen molar-refractivity contribution < 1.29 is 22.3 Å². The second kappa shape index (κ2) is 6.72. The molecule has 8 heteroatoms. The van der Waals surface area contributed by atoms with Crippen molar-refractivity contribution in [3.8, 4) is 0 Å². The third-order valence-corrected chi connectivity index (χ3v) is 5.42. The molecule has 0 bridgehead atoms. The number of carbonyl (C=O) groups is 1. The second-order valence-electron chi connectivity index (χ2n) is 5.68. The number of anilines is 1. The van der Waals surface area contributed by atoms with Gasteiger partial charge in [-0.2, -0.15) is 0 Å². The molecule has 25 heavy (non-hydrogen) atoms. The Kier molecular flexibility index (Phi) is 4.63. The van der Waals surface area contributed by atoms with Crippen molar-refractivity contribution >= 4 is 21.8 Å². The molecule has 1 aliphatic rings. The van der Waals surface area contributed by atoms with Crippen LogP contribution in [0.4, 0.5) is 14.9 Å². The van der Waals surface area contributed by atoms with Gasteiger partial charge in [-0.05, 0) is 53.9 Å². The van der Waals surface area contributed by atoms with Crippen molar-refractivity contribution in [1.82, 2.24) is 4.90 Å². The Bertz CT molecular complexity index is 897. The van der Waals surface area contributed by atoms with Gasteiger partial charge >= 0.3 is 6.09 Å². The third kappa shape index (κ3) is 3.74. The highest BCUT2D eigenvalue weighted by atomic mass is 32.2. The van der Waals surface area contributed by atoms with E-state index in [-0.39, 0.29) is 4.90 Å². The molecule has 0 unspecified atom stereocenters. The van der Waals surface area contributed by atoms with Crippen LogP contribution in [-0.2, 0) is 27.7 Å². The number of nitrogens with one attached hydrogen (secondary N) is 1. The van der Waals surface area contributed by atoms with E-state index < -0.39 is 21.9 Å². The molecule has 1 N–H and O–H groups in total. The SMILES string of the molecule is COC(=O)N1CCc2ccc(NS(=O)(=O)c3ccc(F)cc3)cc2C1. The van der Waals surface area contributed by atoms with E-state index in [0.29, 0.717) is 25.2 Å². The monoisotopic (exact) mass is 364 g/mol. The number of amides is 1. The quantitative estimate of drug-likeness (QED) is 0.909. The number of fused-ring (bicyclic) bond motifs is 1. The number of sulfonamides is 1. The van der Waals surface area contributed by atoms with Gasteiger partial charge in [-0.15, -0.1) is 0 Å². The zero-order valence-electron chi connectivity index (χ0n) is 13.5. The van der Waals surface area contributed by atoms with Crippen LogP contribution < -0.4 is 4.72 Å². The fourth-order valence-electron chi connectivity index (χ4n) is 2.73. The van der Waals surface area contributed by atoms with Crippen LogP contribution in [0.1, 0.15) is 11.1 Å². The van der Waals surface area contributed by atoms with Crippen molar-refractivity contribution in [2.75, 3.05) is 18.4 Å². The molecule has 0 fully saturated rings. The summed E-state index contributed by atoms with van der Waals surface area (Å²) in [7, 11) is -2.49. The van der Waals surface area contributed by atoms with Gasteiger partial charge in [0.1, 0.15) is 5.82 Å². The highest BCUT2D eigenvalue weighted by Crippen LogP contribution is 2.25. The molecule has 1 heterocycles. The molecule has 2 aromatic rings. The summed E-state index contributed by atoms with van der Waals surface area (Å²) in [6.45, 7) is 0.911. The molecule has 0 spiro atoms. The number of halogens is 1. The number of rotatable bonds is 3. The lowest BCUT2D eigenvalue weighted by Crippen LogP contribution is -2.35. The molecule has 132 valence electrons. The average Bonchev–Trinajstić information content (AvgIpc) is 2.60. The molecule has 0 aromatic heterocycles. The van der Waals surface area contributed by atoms with Gasteiger partial charge in [0.05, 0.1) is 12.0 Å². The van der Waals surface area contributed by atoms with E-state index in [0.717, 1.165) is 23.3 Å². The van der Waals surface area contributed by atoms with E-state index in [1.54, 1.807) is 17.0 Å². The summed E-state index contributed by atoms with van der Waals surface area (Å²) in [5, 5.41) is 0. The van der Waals surface area contributed by atoms with Crippen molar-refractivity contribution in [1.29, 1.82) is 0 Å². The second-order valence-corrected chi connectivity index (χ2v) is 7.37. The molecule has 0 aliphatic carbocycles. The summed E-state index contributed by atoms with van der Waals surface area (Å²) in [4.78, 5) is 13.2. The molecule has 1 aliphatic heterocycles. The Morgan fingerprint density at radius 3 is 2.56 bits per heavy atom. The zero-order valence-corrected chi connectivity index (χ0v) is 14.3. The normalized spacial score (nSPS) is 13.9. The minimum atomic E-state index is -3.81.